The van der Waals surface area contributed by atoms with E-state index < -0.39 is 0 Å². The predicted molar refractivity (Wildman–Crippen MR) is 83.3 cm³/mol. The molecule has 2 aromatic rings. The van der Waals surface area contributed by atoms with Crippen LogP contribution in [0.5, 0.6) is 5.75 Å². The second kappa shape index (κ2) is 5.82. The van der Waals surface area contributed by atoms with Crippen LogP contribution in [0, 0.1) is 18.7 Å². The predicted octanol–water partition coefficient (Wildman–Crippen LogP) is 1.93. The molecule has 1 aromatic heterocycles. The third-order valence-electron chi connectivity index (χ3n) is 5.02. The summed E-state index contributed by atoms with van der Waals surface area (Å²) in [5, 5.41) is 8.21. The van der Waals surface area contributed by atoms with Crippen LogP contribution in [0.4, 0.5) is 4.39 Å². The third kappa shape index (κ3) is 2.48. The quantitative estimate of drug-likeness (QED) is 0.852. The number of hydrogen-bond donors (Lipinski definition) is 0. The molecule has 2 atom stereocenters. The average molecular weight is 333 g/mol. The normalized spacial score (nSPS) is 26.7. The van der Waals surface area contributed by atoms with Gasteiger partial charge in [-0.15, -0.1) is 10.2 Å². The number of likely N-dealkylation sites (tertiary alicyclic amines) is 1. The van der Waals surface area contributed by atoms with Crippen LogP contribution >= 0.6 is 0 Å². The summed E-state index contributed by atoms with van der Waals surface area (Å²) in [6.45, 7) is 5.39. The zero-order chi connectivity index (χ0) is 16.7. The Balaban J connectivity index is 1.54. The van der Waals surface area contributed by atoms with E-state index in [9.17, 15) is 4.39 Å². The number of methoxy groups -OCH3 is 1. The second-order valence-electron chi connectivity index (χ2n) is 6.63. The van der Waals surface area contributed by atoms with Gasteiger partial charge in [0.05, 0.1) is 25.7 Å². The van der Waals surface area contributed by atoms with Gasteiger partial charge in [0.25, 0.3) is 0 Å². The topological polar surface area (TPSA) is 60.6 Å². The van der Waals surface area contributed by atoms with Gasteiger partial charge < -0.3 is 13.9 Å². The molecule has 6 nitrogen and oxygen atoms in total. The van der Waals surface area contributed by atoms with Crippen molar-refractivity contribution in [3.63, 3.8) is 0 Å². The highest BCUT2D eigenvalue weighted by atomic mass is 19.1. The molecule has 4 rings (SSSR count). The van der Waals surface area contributed by atoms with Crippen LogP contribution in [0.2, 0.25) is 0 Å². The monoisotopic (exact) mass is 333 g/mol. The second-order valence-corrected chi connectivity index (χ2v) is 6.63. The van der Waals surface area contributed by atoms with E-state index in [1.54, 1.807) is 13.0 Å². The molecule has 2 aliphatic heterocycles. The molecule has 7 heteroatoms. The van der Waals surface area contributed by atoms with Gasteiger partial charge in [-0.05, 0) is 17.7 Å². The van der Waals surface area contributed by atoms with Gasteiger partial charge >= 0.3 is 0 Å². The van der Waals surface area contributed by atoms with Gasteiger partial charge in [-0.25, -0.2) is 4.39 Å². The average Bonchev–Trinajstić information content (AvgIpc) is 3.21. The maximum Gasteiger partial charge on any atom is 0.226 e. The number of benzene rings is 1. The maximum absolute atomic E-state index is 13.9. The Morgan fingerprint density at radius 1 is 1.42 bits per heavy atom. The van der Waals surface area contributed by atoms with Crippen molar-refractivity contribution in [1.29, 1.82) is 0 Å². The SMILES string of the molecule is COc1ccc(CN2C[C@H]3COC[C@@]3(c3nnc(C)o3)C2)cc1F. The number of nitrogens with zero attached hydrogens (tertiary/aromatic N) is 3. The van der Waals surface area contributed by atoms with Crippen LogP contribution in [-0.2, 0) is 16.7 Å². The van der Waals surface area contributed by atoms with Crippen LogP contribution in [-0.4, -0.2) is 48.5 Å². The zero-order valence-electron chi connectivity index (χ0n) is 13.8. The molecule has 0 saturated carbocycles. The minimum atomic E-state index is -0.333. The summed E-state index contributed by atoms with van der Waals surface area (Å²) in [5.41, 5.74) is 0.678. The summed E-state index contributed by atoms with van der Waals surface area (Å²) >= 11 is 0. The fraction of sp³-hybridized carbons (Fsp3) is 0.529. The first-order chi connectivity index (χ1) is 11.6. The standard InChI is InChI=1S/C17H20FN3O3/c1-11-19-20-16(24-11)17-9-21(7-13(17)8-23-10-17)6-12-3-4-15(22-2)14(18)5-12/h3-5,13H,6-10H2,1-2H3/t13-,17-/m0/s1. The first-order valence-electron chi connectivity index (χ1n) is 8.04. The van der Waals surface area contributed by atoms with E-state index in [0.717, 1.165) is 18.7 Å². The fourth-order valence-electron chi connectivity index (χ4n) is 3.83. The molecule has 24 heavy (non-hydrogen) atoms. The molecular weight excluding hydrogens is 313 g/mol. The van der Waals surface area contributed by atoms with Crippen molar-refractivity contribution in [3.05, 3.63) is 41.4 Å². The van der Waals surface area contributed by atoms with Crippen molar-refractivity contribution in [2.75, 3.05) is 33.4 Å². The van der Waals surface area contributed by atoms with Gasteiger partial charge in [0, 0.05) is 32.5 Å². The first kappa shape index (κ1) is 15.5. The lowest BCUT2D eigenvalue weighted by Gasteiger charge is -2.23. The number of halogens is 1. The minimum absolute atomic E-state index is 0.244. The van der Waals surface area contributed by atoms with Crippen molar-refractivity contribution in [2.45, 2.75) is 18.9 Å². The molecule has 2 fully saturated rings. The van der Waals surface area contributed by atoms with E-state index in [0.29, 0.717) is 37.5 Å². The minimum Gasteiger partial charge on any atom is -0.494 e. The summed E-state index contributed by atoms with van der Waals surface area (Å²) in [5.74, 6) is 1.48. The van der Waals surface area contributed by atoms with Gasteiger partial charge in [-0.1, -0.05) is 6.07 Å². The molecule has 128 valence electrons. The highest BCUT2D eigenvalue weighted by Gasteiger charge is 2.55. The van der Waals surface area contributed by atoms with E-state index in [1.165, 1.54) is 13.2 Å². The summed E-state index contributed by atoms with van der Waals surface area (Å²) in [6, 6.07) is 5.10. The molecule has 2 saturated heterocycles. The van der Waals surface area contributed by atoms with Crippen molar-refractivity contribution >= 4 is 0 Å². The Morgan fingerprint density at radius 2 is 2.29 bits per heavy atom. The maximum atomic E-state index is 13.9. The largest absolute Gasteiger partial charge is 0.494 e. The number of ether oxygens (including phenoxy) is 2. The molecule has 0 N–H and O–H groups in total. The summed E-state index contributed by atoms with van der Waals surface area (Å²) < 4.78 is 30.3. The molecule has 0 aliphatic carbocycles. The number of aryl methyl sites for hydroxylation is 1. The van der Waals surface area contributed by atoms with Crippen molar-refractivity contribution in [1.82, 2.24) is 15.1 Å². The number of fused-ring (bicyclic) bond motifs is 1. The Hall–Kier alpha value is -1.99. The van der Waals surface area contributed by atoms with Crippen LogP contribution in [0.25, 0.3) is 0 Å². The smallest absolute Gasteiger partial charge is 0.226 e. The molecule has 0 bridgehead atoms. The van der Waals surface area contributed by atoms with Gasteiger partial charge in [-0.2, -0.15) is 0 Å². The summed E-state index contributed by atoms with van der Waals surface area (Å²) in [4.78, 5) is 2.30. The van der Waals surface area contributed by atoms with Crippen LogP contribution in [0.1, 0.15) is 17.3 Å². The highest BCUT2D eigenvalue weighted by molar-refractivity contribution is 5.29. The molecule has 3 heterocycles. The lowest BCUT2D eigenvalue weighted by molar-refractivity contribution is 0.140. The fourth-order valence-corrected chi connectivity index (χ4v) is 3.83. The lowest BCUT2D eigenvalue weighted by atomic mass is 9.81. The van der Waals surface area contributed by atoms with Gasteiger partial charge in [0.1, 0.15) is 0 Å². The zero-order valence-corrected chi connectivity index (χ0v) is 13.8. The summed E-state index contributed by atoms with van der Waals surface area (Å²) in [7, 11) is 1.47. The van der Waals surface area contributed by atoms with E-state index in [-0.39, 0.29) is 17.0 Å². The Kier molecular flexibility index (Phi) is 3.77. The van der Waals surface area contributed by atoms with Gasteiger partial charge in [0.2, 0.25) is 11.8 Å². The molecule has 0 unspecified atom stereocenters. The van der Waals surface area contributed by atoms with Crippen LogP contribution < -0.4 is 4.74 Å². The number of aromatic nitrogens is 2. The van der Waals surface area contributed by atoms with E-state index in [2.05, 4.69) is 15.1 Å². The molecule has 0 radical (unpaired) electrons. The highest BCUT2D eigenvalue weighted by Crippen LogP contribution is 2.43. The van der Waals surface area contributed by atoms with E-state index in [1.807, 2.05) is 6.07 Å². The Labute approximate surface area is 139 Å². The molecule has 0 amide bonds. The molecular formula is C17H20FN3O3. The molecule has 0 spiro atoms. The summed E-state index contributed by atoms with van der Waals surface area (Å²) in [6.07, 6.45) is 0. The Bertz CT molecular complexity index is 750. The van der Waals surface area contributed by atoms with Crippen molar-refractivity contribution in [3.8, 4) is 5.75 Å². The van der Waals surface area contributed by atoms with Crippen LogP contribution in [0.15, 0.2) is 22.6 Å². The van der Waals surface area contributed by atoms with Crippen molar-refractivity contribution in [2.24, 2.45) is 5.92 Å². The van der Waals surface area contributed by atoms with Crippen molar-refractivity contribution < 1.29 is 18.3 Å². The Morgan fingerprint density at radius 3 is 3.00 bits per heavy atom. The van der Waals surface area contributed by atoms with Crippen LogP contribution in [0.3, 0.4) is 0 Å². The molecule has 1 aromatic carbocycles. The number of rotatable bonds is 4. The number of hydrogen-bond acceptors (Lipinski definition) is 6. The van der Waals surface area contributed by atoms with E-state index in [4.69, 9.17) is 13.9 Å². The lowest BCUT2D eigenvalue weighted by Crippen LogP contribution is -2.35. The first-order valence-corrected chi connectivity index (χ1v) is 8.04. The molecule has 2 aliphatic rings. The third-order valence-corrected chi connectivity index (χ3v) is 5.02. The van der Waals surface area contributed by atoms with Gasteiger partial charge in [0.15, 0.2) is 11.6 Å². The van der Waals surface area contributed by atoms with Gasteiger partial charge in [-0.3, -0.25) is 4.90 Å². The van der Waals surface area contributed by atoms with E-state index >= 15 is 0 Å².